The Morgan fingerprint density at radius 1 is 0.273 bits per heavy atom. The van der Waals surface area contributed by atoms with Gasteiger partial charge in [-0.25, -0.2) is 4.79 Å². The fourth-order valence-corrected chi connectivity index (χ4v) is 8.92. The predicted molar refractivity (Wildman–Crippen MR) is 277 cm³/mol. The Hall–Kier alpha value is -2.12. The maximum atomic E-state index is 13.9. The molecule has 66 heavy (non-hydrogen) atoms. The molecule has 0 aliphatic heterocycles. The van der Waals surface area contributed by atoms with Gasteiger partial charge in [0.05, 0.1) is 32.7 Å². The second kappa shape index (κ2) is 50.7. The molecule has 390 valence electrons. The Bertz CT molecular complexity index is 1030. The number of unbranched alkanes of at least 4 members (excludes halogenated alkanes) is 39. The quantitative estimate of drug-likeness (QED) is 0.0337. The van der Waals surface area contributed by atoms with Crippen molar-refractivity contribution in [2.75, 3.05) is 19.8 Å². The Morgan fingerprint density at radius 3 is 0.742 bits per heavy atom. The molecule has 0 bridgehead atoms. The molecule has 0 radical (unpaired) electrons. The van der Waals surface area contributed by atoms with Crippen LogP contribution in [-0.4, -0.2) is 49.3 Å². The van der Waals surface area contributed by atoms with Crippen molar-refractivity contribution in [3.8, 4) is 0 Å². The summed E-state index contributed by atoms with van der Waals surface area (Å²) < 4.78 is 22.7. The minimum absolute atomic E-state index is 0.0518. The number of ether oxygens (including phenoxy) is 4. The number of hydrogen-bond acceptors (Lipinski definition) is 8. The third-order valence-electron chi connectivity index (χ3n) is 13.2. The third kappa shape index (κ3) is 43.2. The molecule has 0 aromatic heterocycles. The van der Waals surface area contributed by atoms with Crippen molar-refractivity contribution in [1.29, 1.82) is 0 Å². The van der Waals surface area contributed by atoms with Crippen LogP contribution < -0.4 is 0 Å². The molecule has 0 heterocycles. The fourth-order valence-electron chi connectivity index (χ4n) is 8.92. The summed E-state index contributed by atoms with van der Waals surface area (Å²) >= 11 is 0. The van der Waals surface area contributed by atoms with Gasteiger partial charge >= 0.3 is 23.9 Å². The summed E-state index contributed by atoms with van der Waals surface area (Å²) in [5, 5.41) is 0. The molecule has 0 aromatic carbocycles. The van der Waals surface area contributed by atoms with E-state index in [1.807, 2.05) is 6.92 Å². The maximum Gasteiger partial charge on any atom is 0.351 e. The van der Waals surface area contributed by atoms with E-state index >= 15 is 0 Å². The smallest absolute Gasteiger partial charge is 0.351 e. The van der Waals surface area contributed by atoms with Crippen LogP contribution in [0.5, 0.6) is 0 Å². The van der Waals surface area contributed by atoms with Crippen molar-refractivity contribution in [1.82, 2.24) is 0 Å². The van der Waals surface area contributed by atoms with Crippen LogP contribution in [0.3, 0.4) is 0 Å². The van der Waals surface area contributed by atoms with Gasteiger partial charge in [-0.1, -0.05) is 278 Å². The van der Waals surface area contributed by atoms with Crippen LogP contribution in [0.2, 0.25) is 0 Å². The van der Waals surface area contributed by atoms with Gasteiger partial charge in [-0.2, -0.15) is 0 Å². The Morgan fingerprint density at radius 2 is 0.500 bits per heavy atom. The van der Waals surface area contributed by atoms with Gasteiger partial charge in [0.2, 0.25) is 5.60 Å². The topological polar surface area (TPSA) is 105 Å². The minimum atomic E-state index is -2.12. The van der Waals surface area contributed by atoms with E-state index in [4.69, 9.17) is 18.9 Å². The molecule has 0 saturated heterocycles. The van der Waals surface area contributed by atoms with E-state index in [0.29, 0.717) is 12.8 Å². The maximum absolute atomic E-state index is 13.9. The molecule has 0 aromatic rings. The van der Waals surface area contributed by atoms with Gasteiger partial charge < -0.3 is 18.9 Å². The SMILES string of the molecule is CCCCCCCCCCCCCCCCOC(=O)CC(CC(=O)OCCCCCCCCCCCCCCCC)(OC(=O)CCC)C(=O)OCCCCCCCCCCCCCCCC. The minimum Gasteiger partial charge on any atom is -0.466 e. The van der Waals surface area contributed by atoms with E-state index in [2.05, 4.69) is 20.8 Å². The van der Waals surface area contributed by atoms with Gasteiger partial charge in [0.15, 0.2) is 0 Å². The van der Waals surface area contributed by atoms with Crippen molar-refractivity contribution >= 4 is 23.9 Å². The number of esters is 4. The molecular formula is C58H110O8. The molecule has 0 spiro atoms. The van der Waals surface area contributed by atoms with E-state index in [9.17, 15) is 19.2 Å². The lowest BCUT2D eigenvalue weighted by Crippen LogP contribution is -2.48. The van der Waals surface area contributed by atoms with Crippen LogP contribution in [0.1, 0.15) is 323 Å². The molecule has 0 amide bonds. The molecule has 8 heteroatoms. The highest BCUT2D eigenvalue weighted by molar-refractivity contribution is 5.92. The van der Waals surface area contributed by atoms with Crippen LogP contribution in [-0.2, 0) is 38.1 Å². The Balaban J connectivity index is 4.99. The van der Waals surface area contributed by atoms with Crippen molar-refractivity contribution in [2.24, 2.45) is 0 Å². The van der Waals surface area contributed by atoms with Crippen LogP contribution >= 0.6 is 0 Å². The highest BCUT2D eigenvalue weighted by Gasteiger charge is 2.49. The van der Waals surface area contributed by atoms with E-state index in [-0.39, 0.29) is 26.2 Å². The summed E-state index contributed by atoms with van der Waals surface area (Å²) in [7, 11) is 0. The summed E-state index contributed by atoms with van der Waals surface area (Å²) in [6, 6.07) is 0. The zero-order chi connectivity index (χ0) is 48.3. The number of hydrogen-bond donors (Lipinski definition) is 0. The highest BCUT2D eigenvalue weighted by Crippen LogP contribution is 2.27. The zero-order valence-electron chi connectivity index (χ0n) is 44.4. The standard InChI is InChI=1S/C58H110O8/c1-5-9-12-15-18-21-24-27-30-33-36-39-42-45-49-63-55(60)52-58(66-54(59)48-8-4,57(62)65-51-47-44-41-38-35-32-29-26-23-20-17-14-11-7-3)53-56(61)64-50-46-43-40-37-34-31-28-25-22-19-16-13-10-6-2/h5-53H2,1-4H3. The number of carbonyl (C=O) groups excluding carboxylic acids is 4. The third-order valence-corrected chi connectivity index (χ3v) is 13.2. The van der Waals surface area contributed by atoms with Gasteiger partial charge in [-0.05, 0) is 25.7 Å². The first-order valence-electron chi connectivity index (χ1n) is 29.0. The molecule has 0 rings (SSSR count). The summed E-state index contributed by atoms with van der Waals surface area (Å²) in [6.07, 6.45) is 50.8. The first-order valence-corrected chi connectivity index (χ1v) is 29.0. The lowest BCUT2D eigenvalue weighted by molar-refractivity contribution is -0.191. The molecule has 8 nitrogen and oxygen atoms in total. The average Bonchev–Trinajstić information content (AvgIpc) is 3.30. The lowest BCUT2D eigenvalue weighted by atomic mass is 9.94. The molecule has 0 aliphatic carbocycles. The van der Waals surface area contributed by atoms with Gasteiger partial charge in [-0.15, -0.1) is 0 Å². The first kappa shape index (κ1) is 63.9. The van der Waals surface area contributed by atoms with E-state index in [1.165, 1.54) is 205 Å². The molecule has 0 aliphatic rings. The summed E-state index contributed by atoms with van der Waals surface area (Å²) in [4.78, 5) is 53.7. The van der Waals surface area contributed by atoms with Gasteiger partial charge in [0.25, 0.3) is 0 Å². The van der Waals surface area contributed by atoms with Crippen molar-refractivity contribution in [3.05, 3.63) is 0 Å². The summed E-state index contributed by atoms with van der Waals surface area (Å²) in [5.74, 6) is -2.88. The van der Waals surface area contributed by atoms with E-state index in [0.717, 1.165) is 57.8 Å². The molecule has 0 N–H and O–H groups in total. The van der Waals surface area contributed by atoms with E-state index in [1.54, 1.807) is 0 Å². The second-order valence-electron chi connectivity index (χ2n) is 19.9. The van der Waals surface area contributed by atoms with E-state index < -0.39 is 42.3 Å². The average molecular weight is 936 g/mol. The second-order valence-corrected chi connectivity index (χ2v) is 19.9. The van der Waals surface area contributed by atoms with Crippen molar-refractivity contribution < 1.29 is 38.1 Å². The van der Waals surface area contributed by atoms with Gasteiger partial charge in [-0.3, -0.25) is 14.4 Å². The predicted octanol–water partition coefficient (Wildman–Crippen LogP) is 17.9. The largest absolute Gasteiger partial charge is 0.466 e. The van der Waals surface area contributed by atoms with Crippen LogP contribution in [0.15, 0.2) is 0 Å². The Labute approximate surface area is 409 Å². The molecule has 0 saturated carbocycles. The van der Waals surface area contributed by atoms with Crippen LogP contribution in [0.4, 0.5) is 0 Å². The summed E-state index contributed by atoms with van der Waals surface area (Å²) in [5.41, 5.74) is -2.12. The van der Waals surface area contributed by atoms with Gasteiger partial charge in [0.1, 0.15) is 0 Å². The number of carbonyl (C=O) groups is 4. The van der Waals surface area contributed by atoms with Crippen LogP contribution in [0.25, 0.3) is 0 Å². The molecule has 0 atom stereocenters. The normalized spacial score (nSPS) is 11.5. The molecule has 0 unspecified atom stereocenters. The molecule has 0 fully saturated rings. The molecular weight excluding hydrogens is 825 g/mol. The van der Waals surface area contributed by atoms with Crippen molar-refractivity contribution in [3.63, 3.8) is 0 Å². The van der Waals surface area contributed by atoms with Crippen LogP contribution in [0, 0.1) is 0 Å². The fraction of sp³-hybridized carbons (Fsp3) is 0.931. The van der Waals surface area contributed by atoms with Gasteiger partial charge in [0, 0.05) is 6.42 Å². The Kier molecular flexibility index (Phi) is 49.1. The summed E-state index contributed by atoms with van der Waals surface area (Å²) in [6.45, 7) is 9.18. The first-order chi connectivity index (χ1) is 32.3. The monoisotopic (exact) mass is 935 g/mol. The highest BCUT2D eigenvalue weighted by atomic mass is 16.6. The van der Waals surface area contributed by atoms with Crippen molar-refractivity contribution in [2.45, 2.75) is 329 Å². The zero-order valence-corrected chi connectivity index (χ0v) is 44.4. The number of rotatable bonds is 53. The lowest BCUT2D eigenvalue weighted by Gasteiger charge is -2.30.